The summed E-state index contributed by atoms with van der Waals surface area (Å²) in [6.07, 6.45) is 1.29. The number of aryl methyl sites for hydroxylation is 2. The zero-order chi connectivity index (χ0) is 17.1. The van der Waals surface area contributed by atoms with Crippen molar-refractivity contribution in [3.8, 4) is 0 Å². The van der Waals surface area contributed by atoms with E-state index < -0.39 is 6.04 Å². The van der Waals surface area contributed by atoms with Crippen molar-refractivity contribution in [2.24, 2.45) is 0 Å². The van der Waals surface area contributed by atoms with Crippen LogP contribution in [-0.2, 0) is 14.3 Å². The van der Waals surface area contributed by atoms with Crippen molar-refractivity contribution < 1.29 is 14.3 Å². The highest BCUT2D eigenvalue weighted by Gasteiger charge is 2.38. The van der Waals surface area contributed by atoms with E-state index in [1.165, 1.54) is 0 Å². The SMILES string of the molecule is CCCOC(=O)C(CC)N1C(=O)C(C)Nc2cc(C)c(C)cc21. The van der Waals surface area contributed by atoms with E-state index in [1.54, 1.807) is 4.90 Å². The fraction of sp³-hybridized carbons (Fsp3) is 0.556. The number of hydrogen-bond donors (Lipinski definition) is 1. The Morgan fingerprint density at radius 2 is 1.96 bits per heavy atom. The Morgan fingerprint density at radius 1 is 1.30 bits per heavy atom. The number of nitrogens with one attached hydrogen (secondary N) is 1. The van der Waals surface area contributed by atoms with Gasteiger partial charge in [0, 0.05) is 0 Å². The van der Waals surface area contributed by atoms with E-state index in [1.807, 2.05) is 46.8 Å². The van der Waals surface area contributed by atoms with Crippen LogP contribution in [-0.4, -0.2) is 30.6 Å². The molecule has 2 rings (SSSR count). The molecule has 126 valence electrons. The maximum absolute atomic E-state index is 12.7. The number of fused-ring (bicyclic) bond motifs is 1. The van der Waals surface area contributed by atoms with Gasteiger partial charge in [0.25, 0.3) is 0 Å². The maximum atomic E-state index is 12.7. The van der Waals surface area contributed by atoms with E-state index in [4.69, 9.17) is 4.74 Å². The molecule has 0 saturated heterocycles. The molecule has 1 aliphatic heterocycles. The van der Waals surface area contributed by atoms with E-state index in [0.29, 0.717) is 13.0 Å². The molecule has 0 saturated carbocycles. The van der Waals surface area contributed by atoms with Gasteiger partial charge in [-0.3, -0.25) is 9.69 Å². The minimum Gasteiger partial charge on any atom is -0.464 e. The second-order valence-corrected chi connectivity index (χ2v) is 6.12. The van der Waals surface area contributed by atoms with Crippen molar-refractivity contribution in [3.05, 3.63) is 23.3 Å². The first kappa shape index (κ1) is 17.3. The third-order valence-corrected chi connectivity index (χ3v) is 4.27. The molecule has 1 amide bonds. The van der Waals surface area contributed by atoms with Crippen LogP contribution >= 0.6 is 0 Å². The number of esters is 1. The summed E-state index contributed by atoms with van der Waals surface area (Å²) in [7, 11) is 0. The van der Waals surface area contributed by atoms with Crippen LogP contribution in [0.3, 0.4) is 0 Å². The summed E-state index contributed by atoms with van der Waals surface area (Å²) in [6, 6.07) is 3.05. The molecule has 1 aliphatic rings. The highest BCUT2D eigenvalue weighted by atomic mass is 16.5. The smallest absolute Gasteiger partial charge is 0.329 e. The fourth-order valence-corrected chi connectivity index (χ4v) is 2.81. The summed E-state index contributed by atoms with van der Waals surface area (Å²) in [5.74, 6) is -0.429. The van der Waals surface area contributed by atoms with Gasteiger partial charge in [-0.1, -0.05) is 13.8 Å². The van der Waals surface area contributed by atoms with E-state index >= 15 is 0 Å². The van der Waals surface area contributed by atoms with Crippen LogP contribution < -0.4 is 10.2 Å². The van der Waals surface area contributed by atoms with Crippen LogP contribution in [0.2, 0.25) is 0 Å². The molecule has 1 heterocycles. The molecule has 1 N–H and O–H groups in total. The summed E-state index contributed by atoms with van der Waals surface area (Å²) < 4.78 is 5.30. The number of ether oxygens (including phenoxy) is 1. The number of benzene rings is 1. The Bertz CT molecular complexity index is 613. The highest BCUT2D eigenvalue weighted by molar-refractivity contribution is 6.08. The molecule has 1 aromatic carbocycles. The molecular formula is C18H26N2O3. The van der Waals surface area contributed by atoms with Crippen LogP contribution in [0.5, 0.6) is 0 Å². The van der Waals surface area contributed by atoms with E-state index in [9.17, 15) is 9.59 Å². The molecule has 5 nitrogen and oxygen atoms in total. The van der Waals surface area contributed by atoms with Gasteiger partial charge in [-0.15, -0.1) is 0 Å². The largest absolute Gasteiger partial charge is 0.464 e. The zero-order valence-corrected chi connectivity index (χ0v) is 14.6. The van der Waals surface area contributed by atoms with Crippen molar-refractivity contribution >= 4 is 23.3 Å². The maximum Gasteiger partial charge on any atom is 0.329 e. The van der Waals surface area contributed by atoms with Crippen molar-refractivity contribution in [2.75, 3.05) is 16.8 Å². The van der Waals surface area contributed by atoms with Crippen molar-refractivity contribution in [2.45, 2.75) is 59.5 Å². The molecule has 0 aromatic heterocycles. The molecule has 2 unspecified atom stereocenters. The molecule has 5 heteroatoms. The van der Waals surface area contributed by atoms with E-state index in [0.717, 1.165) is 28.9 Å². The zero-order valence-electron chi connectivity index (χ0n) is 14.6. The molecule has 0 bridgehead atoms. The normalized spacial score (nSPS) is 18.2. The van der Waals surface area contributed by atoms with Gasteiger partial charge < -0.3 is 10.1 Å². The average molecular weight is 318 g/mol. The quantitative estimate of drug-likeness (QED) is 0.847. The third kappa shape index (κ3) is 3.33. The van der Waals surface area contributed by atoms with Gasteiger partial charge in [0.1, 0.15) is 12.1 Å². The van der Waals surface area contributed by atoms with Gasteiger partial charge in [0.05, 0.1) is 18.0 Å². The summed E-state index contributed by atoms with van der Waals surface area (Å²) in [4.78, 5) is 26.7. The van der Waals surface area contributed by atoms with Crippen LogP contribution in [0, 0.1) is 13.8 Å². The molecule has 0 aliphatic carbocycles. The lowest BCUT2D eigenvalue weighted by molar-refractivity contribution is -0.146. The number of carbonyl (C=O) groups excluding carboxylic acids is 2. The predicted molar refractivity (Wildman–Crippen MR) is 91.8 cm³/mol. The number of carbonyl (C=O) groups is 2. The van der Waals surface area contributed by atoms with Crippen molar-refractivity contribution in [3.63, 3.8) is 0 Å². The summed E-state index contributed by atoms with van der Waals surface area (Å²) in [5, 5.41) is 3.23. The highest BCUT2D eigenvalue weighted by Crippen LogP contribution is 2.36. The van der Waals surface area contributed by atoms with Gasteiger partial charge in [-0.2, -0.15) is 0 Å². The van der Waals surface area contributed by atoms with E-state index in [-0.39, 0.29) is 17.9 Å². The molecular weight excluding hydrogens is 292 g/mol. The summed E-state index contributed by atoms with van der Waals surface area (Å²) in [6.45, 7) is 10.1. The first-order valence-corrected chi connectivity index (χ1v) is 8.28. The number of amides is 1. The van der Waals surface area contributed by atoms with E-state index in [2.05, 4.69) is 5.32 Å². The Kier molecular flexibility index (Phi) is 5.29. The number of anilines is 2. The summed E-state index contributed by atoms with van der Waals surface area (Å²) >= 11 is 0. The van der Waals surface area contributed by atoms with Crippen LogP contribution in [0.4, 0.5) is 11.4 Å². The van der Waals surface area contributed by atoms with Gasteiger partial charge in [0.2, 0.25) is 5.91 Å². The predicted octanol–water partition coefficient (Wildman–Crippen LogP) is 3.18. The monoisotopic (exact) mass is 318 g/mol. The number of nitrogens with zero attached hydrogens (tertiary/aromatic N) is 1. The molecule has 1 aromatic rings. The topological polar surface area (TPSA) is 58.6 Å². The Hall–Kier alpha value is -2.04. The minimum absolute atomic E-state index is 0.0962. The molecule has 0 fully saturated rings. The lowest BCUT2D eigenvalue weighted by Gasteiger charge is -2.38. The molecule has 0 radical (unpaired) electrons. The second kappa shape index (κ2) is 7.02. The summed E-state index contributed by atoms with van der Waals surface area (Å²) in [5.41, 5.74) is 3.90. The lowest BCUT2D eigenvalue weighted by Crippen LogP contribution is -2.53. The lowest BCUT2D eigenvalue weighted by atomic mass is 10.0. The van der Waals surface area contributed by atoms with Gasteiger partial charge in [-0.25, -0.2) is 4.79 Å². The van der Waals surface area contributed by atoms with Crippen LogP contribution in [0.25, 0.3) is 0 Å². The Balaban J connectivity index is 2.45. The average Bonchev–Trinajstić information content (AvgIpc) is 2.52. The Labute approximate surface area is 138 Å². The van der Waals surface area contributed by atoms with Crippen LogP contribution in [0.15, 0.2) is 12.1 Å². The fourth-order valence-electron chi connectivity index (χ4n) is 2.81. The second-order valence-electron chi connectivity index (χ2n) is 6.12. The third-order valence-electron chi connectivity index (χ3n) is 4.27. The first-order valence-electron chi connectivity index (χ1n) is 8.28. The molecule has 0 spiro atoms. The molecule has 23 heavy (non-hydrogen) atoms. The number of rotatable bonds is 5. The van der Waals surface area contributed by atoms with Crippen molar-refractivity contribution in [1.82, 2.24) is 0 Å². The number of hydrogen-bond acceptors (Lipinski definition) is 4. The standard InChI is InChI=1S/C18H26N2O3/c1-6-8-23-18(22)15(7-2)20-16-10-12(4)11(3)9-14(16)19-13(5)17(20)21/h9-10,13,15,19H,6-8H2,1-5H3. The van der Waals surface area contributed by atoms with Gasteiger partial charge in [0.15, 0.2) is 0 Å². The van der Waals surface area contributed by atoms with Crippen molar-refractivity contribution in [1.29, 1.82) is 0 Å². The molecule has 2 atom stereocenters. The van der Waals surface area contributed by atoms with Crippen LogP contribution in [0.1, 0.15) is 44.7 Å². The van der Waals surface area contributed by atoms with Gasteiger partial charge in [-0.05, 0) is 56.9 Å². The minimum atomic E-state index is -0.584. The first-order chi connectivity index (χ1) is 10.9. The Morgan fingerprint density at radius 3 is 2.57 bits per heavy atom. The van der Waals surface area contributed by atoms with Gasteiger partial charge >= 0.3 is 5.97 Å².